The molecule has 45 heavy (non-hydrogen) atoms. The molecule has 0 aliphatic heterocycles. The number of ether oxygens (including phenoxy) is 2. The van der Waals surface area contributed by atoms with Gasteiger partial charge in [0.2, 0.25) is 5.91 Å². The smallest absolute Gasteiger partial charge is 0.243 e. The summed E-state index contributed by atoms with van der Waals surface area (Å²) in [7, 11) is 3.41. The van der Waals surface area contributed by atoms with Gasteiger partial charge >= 0.3 is 0 Å². The lowest BCUT2D eigenvalue weighted by Gasteiger charge is -2.17. The van der Waals surface area contributed by atoms with Crippen molar-refractivity contribution < 1.29 is 23.0 Å². The van der Waals surface area contributed by atoms with E-state index in [2.05, 4.69) is 27.2 Å². The van der Waals surface area contributed by atoms with Gasteiger partial charge in [-0.05, 0) is 43.5 Å². The molecule has 230 valence electrons. The number of halogens is 2. The molecule has 2 aromatic carbocycles. The Hall–Kier alpha value is -4.94. The molecule has 4 heterocycles. The van der Waals surface area contributed by atoms with Crippen LogP contribution < -0.4 is 10.1 Å². The lowest BCUT2D eigenvalue weighted by molar-refractivity contribution is -0.117. The summed E-state index contributed by atoms with van der Waals surface area (Å²) in [4.78, 5) is 17.1. The topological polar surface area (TPSA) is 107 Å². The molecule has 0 radical (unpaired) electrons. The Kier molecular flexibility index (Phi) is 8.17. The number of nitrogens with zero attached hydrogens (tertiary/aromatic N) is 4. The van der Waals surface area contributed by atoms with Gasteiger partial charge in [0, 0.05) is 58.6 Å². The number of aromatic amines is 1. The molecule has 0 unspecified atom stereocenters. The van der Waals surface area contributed by atoms with Crippen LogP contribution in [0.5, 0.6) is 5.75 Å². The van der Waals surface area contributed by atoms with Gasteiger partial charge in [-0.15, -0.1) is 11.3 Å². The third kappa shape index (κ3) is 5.58. The van der Waals surface area contributed by atoms with Crippen molar-refractivity contribution in [2.45, 2.75) is 19.9 Å². The molecule has 0 aliphatic carbocycles. The zero-order chi connectivity index (χ0) is 31.8. The molecule has 9 nitrogen and oxygen atoms in total. The molecule has 4 aromatic heterocycles. The fourth-order valence-corrected chi connectivity index (χ4v) is 6.26. The van der Waals surface area contributed by atoms with Crippen LogP contribution in [0.1, 0.15) is 24.4 Å². The number of hydrogen-bond donors (Lipinski definition) is 2. The first-order valence-electron chi connectivity index (χ1n) is 14.1. The van der Waals surface area contributed by atoms with Crippen LogP contribution in [0.2, 0.25) is 0 Å². The van der Waals surface area contributed by atoms with E-state index in [1.54, 1.807) is 13.0 Å². The number of carbonyl (C=O) groups excluding carboxylic acids is 1. The molecule has 0 aliphatic rings. The number of hydrogen-bond acceptors (Lipinski definition) is 7. The summed E-state index contributed by atoms with van der Waals surface area (Å²) in [5.41, 5.74) is 5.13. The Morgan fingerprint density at radius 1 is 1.13 bits per heavy atom. The van der Waals surface area contributed by atoms with Gasteiger partial charge in [-0.25, -0.2) is 13.8 Å². The highest BCUT2D eigenvalue weighted by Crippen LogP contribution is 2.47. The van der Waals surface area contributed by atoms with Crippen LogP contribution in [0.3, 0.4) is 0 Å². The maximum atomic E-state index is 15.9. The van der Waals surface area contributed by atoms with Crippen molar-refractivity contribution in [2.24, 2.45) is 7.05 Å². The Morgan fingerprint density at radius 3 is 2.73 bits per heavy atom. The van der Waals surface area contributed by atoms with Crippen molar-refractivity contribution in [3.63, 3.8) is 0 Å². The summed E-state index contributed by atoms with van der Waals surface area (Å²) >= 11 is 1.40. The highest BCUT2D eigenvalue weighted by atomic mass is 32.1. The van der Waals surface area contributed by atoms with E-state index < -0.39 is 17.7 Å². The number of H-pyrrole nitrogens is 1. The minimum atomic E-state index is -0.805. The molecule has 0 spiro atoms. The van der Waals surface area contributed by atoms with E-state index in [-0.39, 0.29) is 30.4 Å². The summed E-state index contributed by atoms with van der Waals surface area (Å²) in [5, 5.41) is 18.7. The summed E-state index contributed by atoms with van der Waals surface area (Å²) in [6, 6.07) is 11.2. The largest absolute Gasteiger partial charge is 0.490 e. The first-order chi connectivity index (χ1) is 21.7. The second-order valence-corrected chi connectivity index (χ2v) is 11.4. The quantitative estimate of drug-likeness (QED) is 0.127. The van der Waals surface area contributed by atoms with Crippen LogP contribution in [-0.4, -0.2) is 51.2 Å². The number of nitrogens with one attached hydrogen (secondary N) is 2. The van der Waals surface area contributed by atoms with E-state index in [9.17, 15) is 9.18 Å². The van der Waals surface area contributed by atoms with E-state index in [1.165, 1.54) is 24.5 Å². The average molecular weight is 629 g/mol. The molecule has 12 heteroatoms. The Morgan fingerprint density at radius 2 is 1.96 bits per heavy atom. The van der Waals surface area contributed by atoms with Gasteiger partial charge in [-0.1, -0.05) is 18.7 Å². The highest BCUT2D eigenvalue weighted by molar-refractivity contribution is 7.18. The summed E-state index contributed by atoms with van der Waals surface area (Å²) in [5.74, 6) is -1.90. The fraction of sp³-hybridized carbons (Fsp3) is 0.212. The highest BCUT2D eigenvalue weighted by Gasteiger charge is 2.27. The van der Waals surface area contributed by atoms with Crippen molar-refractivity contribution in [2.75, 3.05) is 20.3 Å². The number of pyridine rings is 1. The van der Waals surface area contributed by atoms with E-state index in [1.807, 2.05) is 48.3 Å². The molecular formula is C33H30F2N6O3S. The van der Waals surface area contributed by atoms with Gasteiger partial charge in [-0.3, -0.25) is 14.6 Å². The predicted octanol–water partition coefficient (Wildman–Crippen LogP) is 6.88. The lowest BCUT2D eigenvalue weighted by atomic mass is 9.96. The lowest BCUT2D eigenvalue weighted by Crippen LogP contribution is -2.24. The molecule has 0 saturated carbocycles. The summed E-state index contributed by atoms with van der Waals surface area (Å²) in [6.07, 6.45) is 1.19. The van der Waals surface area contributed by atoms with E-state index >= 15 is 4.39 Å². The Bertz CT molecular complexity index is 2080. The van der Waals surface area contributed by atoms with E-state index in [4.69, 9.17) is 14.5 Å². The molecule has 6 aromatic rings. The minimum Gasteiger partial charge on any atom is -0.490 e. The number of benzene rings is 2. The number of rotatable bonds is 10. The second-order valence-electron chi connectivity index (χ2n) is 10.5. The number of aromatic nitrogens is 5. The van der Waals surface area contributed by atoms with Crippen LogP contribution >= 0.6 is 11.3 Å². The number of amides is 1. The molecule has 1 amide bonds. The standard InChI is InChI=1S/C33H30F2N6O3S/c1-6-28(42)36-17(2)24-16-26(39-38-24)32-30(29-23(35)14-20(34)15-27(29)44-11-10-43-5)33-22(9-12-45-33)31(37-32)19-7-8-21-18(3)41(4)40-25(21)13-19/h6-9,12-17H,1,10-11H2,2-5H3,(H,36,42)(H,38,39)/t17-/m1/s1. The predicted molar refractivity (Wildman–Crippen MR) is 171 cm³/mol. The van der Waals surface area contributed by atoms with Gasteiger partial charge in [0.15, 0.2) is 0 Å². The molecule has 6 rings (SSSR count). The van der Waals surface area contributed by atoms with E-state index in [0.717, 1.165) is 39.7 Å². The molecule has 2 N–H and O–H groups in total. The Balaban J connectivity index is 1.62. The molecule has 0 bridgehead atoms. The van der Waals surface area contributed by atoms with Crippen LogP contribution in [0.4, 0.5) is 8.78 Å². The number of aryl methyl sites for hydroxylation is 2. The maximum Gasteiger partial charge on any atom is 0.243 e. The van der Waals surface area contributed by atoms with Crippen LogP contribution in [-0.2, 0) is 16.6 Å². The van der Waals surface area contributed by atoms with Crippen molar-refractivity contribution in [1.82, 2.24) is 30.3 Å². The van der Waals surface area contributed by atoms with Crippen LogP contribution in [0.25, 0.3) is 54.8 Å². The zero-order valence-corrected chi connectivity index (χ0v) is 25.9. The second kappa shape index (κ2) is 12.2. The summed E-state index contributed by atoms with van der Waals surface area (Å²) < 4.78 is 44.0. The van der Waals surface area contributed by atoms with Gasteiger partial charge in [-0.2, -0.15) is 10.2 Å². The van der Waals surface area contributed by atoms with Crippen LogP contribution in [0.15, 0.2) is 60.5 Å². The van der Waals surface area contributed by atoms with Crippen molar-refractivity contribution >= 4 is 38.2 Å². The minimum absolute atomic E-state index is 0.0165. The first-order valence-corrected chi connectivity index (χ1v) is 15.0. The van der Waals surface area contributed by atoms with Crippen molar-refractivity contribution in [1.29, 1.82) is 0 Å². The number of fused-ring (bicyclic) bond motifs is 2. The third-order valence-corrected chi connectivity index (χ3v) is 8.61. The molecular weight excluding hydrogens is 598 g/mol. The number of thiophene rings is 1. The van der Waals surface area contributed by atoms with Gasteiger partial charge in [0.05, 0.1) is 35.1 Å². The fourth-order valence-electron chi connectivity index (χ4n) is 5.31. The van der Waals surface area contributed by atoms with Crippen LogP contribution in [0, 0.1) is 18.6 Å². The van der Waals surface area contributed by atoms with Gasteiger partial charge in [0.25, 0.3) is 0 Å². The van der Waals surface area contributed by atoms with E-state index in [0.29, 0.717) is 33.0 Å². The molecule has 1 atom stereocenters. The zero-order valence-electron chi connectivity index (χ0n) is 25.1. The number of carbonyl (C=O) groups is 1. The average Bonchev–Trinajstić information content (AvgIpc) is 3.76. The summed E-state index contributed by atoms with van der Waals surface area (Å²) in [6.45, 7) is 7.62. The normalized spacial score (nSPS) is 12.1. The third-order valence-electron chi connectivity index (χ3n) is 7.68. The Labute approximate surface area is 261 Å². The van der Waals surface area contributed by atoms with Gasteiger partial charge < -0.3 is 14.8 Å². The van der Waals surface area contributed by atoms with Crippen molar-refractivity contribution in [3.05, 3.63) is 83.5 Å². The molecule has 0 fully saturated rings. The monoisotopic (exact) mass is 628 g/mol. The van der Waals surface area contributed by atoms with Gasteiger partial charge in [0.1, 0.15) is 35.4 Å². The first kappa shape index (κ1) is 30.1. The SMILES string of the molecule is C=CC(=O)N[C@H](C)c1cc(-c2nc(-c3ccc4c(C)n(C)nc4c3)c3ccsc3c2-c2c(F)cc(F)cc2OCCOC)n[nH]1. The van der Waals surface area contributed by atoms with Crippen molar-refractivity contribution in [3.8, 4) is 39.5 Å². The number of methoxy groups -OCH3 is 1. The molecule has 0 saturated heterocycles. The maximum absolute atomic E-state index is 15.9.